The predicted octanol–water partition coefficient (Wildman–Crippen LogP) is -3.07. The van der Waals surface area contributed by atoms with E-state index in [0.29, 0.717) is 0 Å². The summed E-state index contributed by atoms with van der Waals surface area (Å²) < 4.78 is 8.55. The summed E-state index contributed by atoms with van der Waals surface area (Å²) in [5.41, 5.74) is 0. The van der Waals surface area contributed by atoms with Crippen molar-refractivity contribution in [2.45, 2.75) is 0 Å². The van der Waals surface area contributed by atoms with E-state index in [-0.39, 0.29) is 26.2 Å². The van der Waals surface area contributed by atoms with Crippen LogP contribution in [0.4, 0.5) is 0 Å². The topological polar surface area (TPSA) is 152 Å². The third-order valence-corrected chi connectivity index (χ3v) is 0. The van der Waals surface area contributed by atoms with Gasteiger partial charge in [0.05, 0.1) is 5.09 Å². The summed E-state index contributed by atoms with van der Waals surface area (Å²) in [6.07, 6.45) is 0. The van der Waals surface area contributed by atoms with Crippen LogP contribution in [0, 0.1) is 15.3 Å². The van der Waals surface area contributed by atoms with E-state index < -0.39 is 12.9 Å². The van der Waals surface area contributed by atoms with Gasteiger partial charge in [0.2, 0.25) is 0 Å². The maximum atomic E-state index is 8.55. The van der Waals surface area contributed by atoms with Gasteiger partial charge < -0.3 is 34.6 Å². The Morgan fingerprint density at radius 3 is 1.10 bits per heavy atom. The number of rotatable bonds is 0. The molecule has 10 heteroatoms. The first-order chi connectivity index (χ1) is 3.73. The molecule has 0 unspecified atom stereocenters. The van der Waals surface area contributed by atoms with Crippen LogP contribution >= 0.6 is 7.82 Å². The maximum absolute atomic E-state index is 8.55. The molecule has 0 amide bonds. The van der Waals surface area contributed by atoms with Gasteiger partial charge >= 0.3 is 26.2 Å². The molecule has 8 nitrogen and oxygen atoms in total. The summed E-state index contributed by atoms with van der Waals surface area (Å²) in [5, 5.41) is 14.8. The first-order valence-electron chi connectivity index (χ1n) is 1.28. The molecule has 0 spiro atoms. The van der Waals surface area contributed by atoms with E-state index in [9.17, 15) is 0 Å². The molecule has 0 saturated carbocycles. The first kappa shape index (κ1) is 16.6. The molecule has 0 aromatic heterocycles. The molecule has 0 aliphatic carbocycles. The number of phosphoric acid groups is 1. The van der Waals surface area contributed by atoms with Crippen LogP contribution in [0.1, 0.15) is 0 Å². The van der Waals surface area contributed by atoms with Crippen LogP contribution in [0.2, 0.25) is 0 Å². The van der Waals surface area contributed by atoms with Crippen LogP contribution in [0.5, 0.6) is 0 Å². The molecule has 0 fully saturated rings. The van der Waals surface area contributed by atoms with Crippen LogP contribution < -0.4 is 14.7 Å². The summed E-state index contributed by atoms with van der Waals surface area (Å²) in [6, 6.07) is 0. The summed E-state index contributed by atoms with van der Waals surface area (Å²) in [7, 11) is -5.39. The Kier molecular flexibility index (Phi) is 12.2. The van der Waals surface area contributed by atoms with Crippen molar-refractivity contribution in [2.75, 3.05) is 0 Å². The summed E-state index contributed by atoms with van der Waals surface area (Å²) in [4.78, 5) is 33.9. The number of hydrogen-bond donors (Lipinski definition) is 0. The zero-order chi connectivity index (χ0) is 8.08. The van der Waals surface area contributed by atoms with Crippen molar-refractivity contribution in [3.05, 3.63) is 15.3 Å². The van der Waals surface area contributed by atoms with E-state index in [1.165, 1.54) is 0 Å². The molecule has 56 valence electrons. The van der Waals surface area contributed by atoms with Crippen molar-refractivity contribution in [1.29, 1.82) is 0 Å². The molecule has 0 heterocycles. The second kappa shape index (κ2) is 7.30. The van der Waals surface area contributed by atoms with E-state index in [2.05, 4.69) is 0 Å². The van der Waals surface area contributed by atoms with Crippen molar-refractivity contribution in [2.24, 2.45) is 0 Å². The molecule has 0 rings (SSSR count). The van der Waals surface area contributed by atoms with Crippen LogP contribution in [0.25, 0.3) is 0 Å². The first-order valence-corrected chi connectivity index (χ1v) is 2.74. The standard InChI is InChI=1S/NO3.H3O4P.Zr/c2-1(3)4;1-5(2,3)4;/h;(H3,1,2,3,4);/q-1;;+4/p-3. The molecular formula is NO7PZr. The summed E-state index contributed by atoms with van der Waals surface area (Å²) in [6.45, 7) is 0. The average molecular weight is 248 g/mol. The van der Waals surface area contributed by atoms with Crippen molar-refractivity contribution in [3.8, 4) is 0 Å². The molecule has 0 radical (unpaired) electrons. The Morgan fingerprint density at radius 1 is 1.10 bits per heavy atom. The van der Waals surface area contributed by atoms with Gasteiger partial charge in [-0.15, -0.1) is 0 Å². The van der Waals surface area contributed by atoms with E-state index in [1.807, 2.05) is 0 Å². The van der Waals surface area contributed by atoms with Gasteiger partial charge in [0.1, 0.15) is 0 Å². The Morgan fingerprint density at radius 2 is 1.10 bits per heavy atom. The minimum absolute atomic E-state index is 0. The van der Waals surface area contributed by atoms with E-state index >= 15 is 0 Å². The van der Waals surface area contributed by atoms with E-state index in [0.717, 1.165) is 0 Å². The second-order valence-corrected chi connectivity index (χ2v) is 1.57. The predicted molar refractivity (Wildman–Crippen MR) is 18.0 cm³/mol. The zero-order valence-corrected chi connectivity index (χ0v) is 7.60. The van der Waals surface area contributed by atoms with Crippen LogP contribution in [-0.2, 0) is 30.8 Å². The van der Waals surface area contributed by atoms with Crippen molar-refractivity contribution < 1.29 is 50.5 Å². The SMILES string of the molecule is O=P([O-])([O-])[O-].O=[N+]([O-])[O-].[Zr+4]. The normalized spacial score (nSPS) is 8.30. The van der Waals surface area contributed by atoms with Gasteiger partial charge in [-0.05, 0) is 0 Å². The zero-order valence-electron chi connectivity index (χ0n) is 4.25. The molecule has 10 heavy (non-hydrogen) atoms. The maximum Gasteiger partial charge on any atom is 4.00 e. The summed E-state index contributed by atoms with van der Waals surface area (Å²) in [5.74, 6) is 0. The third-order valence-electron chi connectivity index (χ3n) is 0. The van der Waals surface area contributed by atoms with Gasteiger partial charge in [-0.1, -0.05) is 0 Å². The van der Waals surface area contributed by atoms with Crippen molar-refractivity contribution in [1.82, 2.24) is 0 Å². The van der Waals surface area contributed by atoms with Crippen LogP contribution in [-0.4, -0.2) is 5.09 Å². The van der Waals surface area contributed by atoms with Gasteiger partial charge in [-0.2, -0.15) is 7.82 Å². The Bertz CT molecular complexity index is 113. The molecule has 0 saturated heterocycles. The molecule has 0 aromatic rings. The average Bonchev–Trinajstić information content (AvgIpc) is 1.19. The smallest absolute Gasteiger partial charge is 0.822 e. The fraction of sp³-hybridized carbons (Fsp3) is 0. The van der Waals surface area contributed by atoms with Crippen molar-refractivity contribution >= 4 is 7.82 Å². The minimum Gasteiger partial charge on any atom is -0.822 e. The molecular weight excluding hydrogens is 248 g/mol. The molecule has 0 aromatic carbocycles. The quantitative estimate of drug-likeness (QED) is 0.250. The van der Waals surface area contributed by atoms with Crippen molar-refractivity contribution in [3.63, 3.8) is 0 Å². The largest absolute Gasteiger partial charge is 4.00 e. The number of hydrogen-bond acceptors (Lipinski definition) is 7. The number of nitrogens with zero attached hydrogens (tertiary/aromatic N) is 1. The van der Waals surface area contributed by atoms with Crippen LogP contribution in [0.15, 0.2) is 0 Å². The molecule has 0 aliphatic heterocycles. The van der Waals surface area contributed by atoms with Gasteiger partial charge in [-0.3, -0.25) is 0 Å². The monoisotopic (exact) mass is 247 g/mol. The Balaban J connectivity index is -0.0000000910. The van der Waals surface area contributed by atoms with E-state index in [1.54, 1.807) is 0 Å². The second-order valence-electron chi connectivity index (χ2n) is 0.671. The fourth-order valence-electron chi connectivity index (χ4n) is 0. The van der Waals surface area contributed by atoms with Gasteiger partial charge in [0.25, 0.3) is 0 Å². The molecule has 0 N–H and O–H groups in total. The molecule has 0 bridgehead atoms. The van der Waals surface area contributed by atoms with Gasteiger partial charge in [0.15, 0.2) is 0 Å². The molecule has 0 atom stereocenters. The Labute approximate surface area is 74.0 Å². The van der Waals surface area contributed by atoms with Gasteiger partial charge in [0, 0.05) is 0 Å². The fourth-order valence-corrected chi connectivity index (χ4v) is 0. The third kappa shape index (κ3) is 11400. The molecule has 0 aliphatic rings. The van der Waals surface area contributed by atoms with E-state index in [4.69, 9.17) is 34.6 Å². The van der Waals surface area contributed by atoms with Crippen LogP contribution in [0.3, 0.4) is 0 Å². The van der Waals surface area contributed by atoms with Gasteiger partial charge in [-0.25, -0.2) is 0 Å². The minimum atomic E-state index is -5.39. The Hall–Kier alpha value is 0.193. The summed E-state index contributed by atoms with van der Waals surface area (Å²) >= 11 is 0.